The van der Waals surface area contributed by atoms with Gasteiger partial charge >= 0.3 is 5.69 Å². The fraction of sp³-hybridized carbons (Fsp3) is 0.571. The first-order valence-electron chi connectivity index (χ1n) is 7.55. The second-order valence-corrected chi connectivity index (χ2v) is 5.91. The first-order valence-corrected chi connectivity index (χ1v) is 7.55. The second kappa shape index (κ2) is 5.56. The Balaban J connectivity index is 1.96. The molecule has 9 nitrogen and oxygen atoms in total. The van der Waals surface area contributed by atoms with Crippen LogP contribution in [0.15, 0.2) is 9.59 Å². The molecule has 1 saturated heterocycles. The van der Waals surface area contributed by atoms with E-state index in [0.717, 1.165) is 25.9 Å². The molecular formula is C14H20N6O3. The van der Waals surface area contributed by atoms with Crippen molar-refractivity contribution in [3.05, 3.63) is 20.8 Å². The number of anilines is 1. The van der Waals surface area contributed by atoms with Crippen molar-refractivity contribution in [2.24, 2.45) is 14.1 Å². The maximum atomic E-state index is 12.3. The number of likely N-dealkylation sites (tertiary alicyclic amines) is 1. The largest absolute Gasteiger partial charge is 0.341 e. The van der Waals surface area contributed by atoms with Crippen LogP contribution < -0.4 is 16.1 Å². The van der Waals surface area contributed by atoms with E-state index in [4.69, 9.17) is 0 Å². The van der Waals surface area contributed by atoms with Gasteiger partial charge in [-0.2, -0.15) is 4.98 Å². The van der Waals surface area contributed by atoms with Crippen LogP contribution in [-0.4, -0.2) is 56.6 Å². The third-order valence-corrected chi connectivity index (χ3v) is 4.28. The molecule has 0 atom stereocenters. The first kappa shape index (κ1) is 15.3. The van der Waals surface area contributed by atoms with E-state index in [-0.39, 0.29) is 12.5 Å². The van der Waals surface area contributed by atoms with Gasteiger partial charge in [-0.05, 0) is 12.8 Å². The molecule has 3 heterocycles. The number of nitrogens with one attached hydrogen (secondary N) is 1. The number of hydrogen-bond acceptors (Lipinski definition) is 5. The van der Waals surface area contributed by atoms with Gasteiger partial charge in [0.15, 0.2) is 11.2 Å². The molecule has 1 aliphatic rings. The molecule has 2 aromatic heterocycles. The molecule has 1 aliphatic heterocycles. The number of carbonyl (C=O) groups is 1. The van der Waals surface area contributed by atoms with E-state index in [1.54, 1.807) is 30.6 Å². The Kier molecular flexibility index (Phi) is 3.70. The summed E-state index contributed by atoms with van der Waals surface area (Å²) in [6.07, 6.45) is 2.08. The SMILES string of the molecule is CN(CC(=O)N1CCCC1)c1nc2c(c(=O)[nH]c(=O)n2C)n1C. The van der Waals surface area contributed by atoms with Gasteiger partial charge in [0, 0.05) is 34.2 Å². The molecule has 0 aliphatic carbocycles. The molecule has 0 radical (unpaired) electrons. The molecule has 0 unspecified atom stereocenters. The Hall–Kier alpha value is -2.58. The van der Waals surface area contributed by atoms with Crippen LogP contribution in [-0.2, 0) is 18.9 Å². The highest BCUT2D eigenvalue weighted by atomic mass is 16.2. The van der Waals surface area contributed by atoms with E-state index in [1.807, 2.05) is 4.90 Å². The topological polar surface area (TPSA) is 96.2 Å². The van der Waals surface area contributed by atoms with Gasteiger partial charge in [0.1, 0.15) is 0 Å². The van der Waals surface area contributed by atoms with Gasteiger partial charge in [-0.3, -0.25) is 19.1 Å². The van der Waals surface area contributed by atoms with Crippen molar-refractivity contribution in [2.45, 2.75) is 12.8 Å². The summed E-state index contributed by atoms with van der Waals surface area (Å²) in [5.74, 6) is 0.513. The Morgan fingerprint density at radius 3 is 2.52 bits per heavy atom. The van der Waals surface area contributed by atoms with Crippen LogP contribution in [0.1, 0.15) is 12.8 Å². The molecule has 3 rings (SSSR count). The van der Waals surface area contributed by atoms with Gasteiger partial charge in [0.25, 0.3) is 5.56 Å². The number of nitrogens with zero attached hydrogens (tertiary/aromatic N) is 5. The lowest BCUT2D eigenvalue weighted by atomic mass is 10.4. The molecule has 124 valence electrons. The zero-order valence-corrected chi connectivity index (χ0v) is 13.5. The van der Waals surface area contributed by atoms with Crippen molar-refractivity contribution < 1.29 is 4.79 Å². The number of amides is 1. The third kappa shape index (κ3) is 2.51. The summed E-state index contributed by atoms with van der Waals surface area (Å²) in [6, 6.07) is 0. The standard InChI is InChI=1S/C14H20N6O3/c1-17(8-9(21)20-6-4-5-7-20)13-15-11-10(18(13)2)12(22)16-14(23)19(11)3/h4-8H2,1-3H3,(H,16,22,23). The quantitative estimate of drug-likeness (QED) is 0.784. The normalized spacial score (nSPS) is 14.7. The summed E-state index contributed by atoms with van der Waals surface area (Å²) < 4.78 is 2.89. The highest BCUT2D eigenvalue weighted by Gasteiger charge is 2.22. The van der Waals surface area contributed by atoms with Gasteiger partial charge in [-0.15, -0.1) is 0 Å². The maximum absolute atomic E-state index is 12.3. The van der Waals surface area contributed by atoms with E-state index in [1.165, 1.54) is 4.57 Å². The Bertz CT molecular complexity index is 871. The van der Waals surface area contributed by atoms with Crippen LogP contribution in [0, 0.1) is 0 Å². The third-order valence-electron chi connectivity index (χ3n) is 4.28. The highest BCUT2D eigenvalue weighted by molar-refractivity contribution is 5.82. The number of aryl methyl sites for hydroxylation is 2. The molecule has 1 N–H and O–H groups in total. The summed E-state index contributed by atoms with van der Waals surface area (Å²) in [5, 5.41) is 0. The second-order valence-electron chi connectivity index (χ2n) is 5.91. The fourth-order valence-electron chi connectivity index (χ4n) is 2.98. The highest BCUT2D eigenvalue weighted by Crippen LogP contribution is 2.17. The molecule has 1 amide bonds. The zero-order valence-electron chi connectivity index (χ0n) is 13.5. The molecule has 9 heteroatoms. The molecule has 0 bridgehead atoms. The average Bonchev–Trinajstić information content (AvgIpc) is 3.12. The van der Waals surface area contributed by atoms with Gasteiger partial charge in [-0.25, -0.2) is 4.79 Å². The van der Waals surface area contributed by atoms with Gasteiger partial charge < -0.3 is 14.4 Å². The van der Waals surface area contributed by atoms with Crippen LogP contribution in [0.2, 0.25) is 0 Å². The fourth-order valence-corrected chi connectivity index (χ4v) is 2.98. The lowest BCUT2D eigenvalue weighted by molar-refractivity contribution is -0.128. The van der Waals surface area contributed by atoms with E-state index in [2.05, 4.69) is 9.97 Å². The van der Waals surface area contributed by atoms with Crippen LogP contribution in [0.4, 0.5) is 5.95 Å². The zero-order chi connectivity index (χ0) is 16.7. The van der Waals surface area contributed by atoms with Gasteiger partial charge in [0.2, 0.25) is 11.9 Å². The van der Waals surface area contributed by atoms with E-state index in [0.29, 0.717) is 17.1 Å². The van der Waals surface area contributed by atoms with Gasteiger partial charge in [-0.1, -0.05) is 0 Å². The van der Waals surface area contributed by atoms with E-state index >= 15 is 0 Å². The van der Waals surface area contributed by atoms with Crippen molar-refractivity contribution in [3.8, 4) is 0 Å². The van der Waals surface area contributed by atoms with Gasteiger partial charge in [0.05, 0.1) is 6.54 Å². The minimum Gasteiger partial charge on any atom is -0.341 e. The lowest BCUT2D eigenvalue weighted by Crippen LogP contribution is -2.38. The Morgan fingerprint density at radius 1 is 1.22 bits per heavy atom. The van der Waals surface area contributed by atoms with E-state index < -0.39 is 11.2 Å². The number of aromatic amines is 1. The van der Waals surface area contributed by atoms with E-state index in [9.17, 15) is 14.4 Å². The first-order chi connectivity index (χ1) is 10.9. The molecular weight excluding hydrogens is 300 g/mol. The monoisotopic (exact) mass is 320 g/mol. The number of carbonyl (C=O) groups excluding carboxylic acids is 1. The molecule has 23 heavy (non-hydrogen) atoms. The predicted molar refractivity (Wildman–Crippen MR) is 85.7 cm³/mol. The number of aromatic nitrogens is 4. The minimum absolute atomic E-state index is 0.0415. The molecule has 0 spiro atoms. The summed E-state index contributed by atoms with van der Waals surface area (Å²) >= 11 is 0. The number of H-pyrrole nitrogens is 1. The van der Waals surface area contributed by atoms with Crippen molar-refractivity contribution in [2.75, 3.05) is 31.6 Å². The summed E-state index contributed by atoms with van der Waals surface area (Å²) in [7, 11) is 5.00. The predicted octanol–water partition coefficient (Wildman–Crippen LogP) is -0.981. The number of likely N-dealkylation sites (N-methyl/N-ethyl adjacent to an activating group) is 1. The summed E-state index contributed by atoms with van der Waals surface area (Å²) in [4.78, 5) is 46.1. The number of hydrogen-bond donors (Lipinski definition) is 1. The molecule has 1 fully saturated rings. The van der Waals surface area contributed by atoms with Crippen molar-refractivity contribution in [3.63, 3.8) is 0 Å². The molecule has 0 aromatic carbocycles. The van der Waals surface area contributed by atoms with Crippen LogP contribution >= 0.6 is 0 Å². The lowest BCUT2D eigenvalue weighted by Gasteiger charge is -2.21. The minimum atomic E-state index is -0.511. The number of rotatable bonds is 3. The molecule has 2 aromatic rings. The summed E-state index contributed by atoms with van der Waals surface area (Å²) in [6.45, 7) is 1.77. The van der Waals surface area contributed by atoms with Crippen molar-refractivity contribution in [1.82, 2.24) is 24.0 Å². The summed E-state index contributed by atoms with van der Waals surface area (Å²) in [5.41, 5.74) is -0.383. The van der Waals surface area contributed by atoms with Crippen LogP contribution in [0.25, 0.3) is 11.2 Å². The van der Waals surface area contributed by atoms with Crippen molar-refractivity contribution in [1.29, 1.82) is 0 Å². The maximum Gasteiger partial charge on any atom is 0.329 e. The Morgan fingerprint density at radius 2 is 1.87 bits per heavy atom. The van der Waals surface area contributed by atoms with Crippen molar-refractivity contribution >= 4 is 23.0 Å². The Labute approximate surface area is 132 Å². The van der Waals surface area contributed by atoms with Crippen LogP contribution in [0.3, 0.4) is 0 Å². The molecule has 0 saturated carbocycles. The average molecular weight is 320 g/mol. The number of fused-ring (bicyclic) bond motifs is 1. The number of imidazole rings is 1. The van der Waals surface area contributed by atoms with Crippen LogP contribution in [0.5, 0.6) is 0 Å². The smallest absolute Gasteiger partial charge is 0.329 e.